The Kier molecular flexibility index (Phi) is 5.53. The highest BCUT2D eigenvalue weighted by Crippen LogP contribution is 2.36. The van der Waals surface area contributed by atoms with Crippen LogP contribution in [0.25, 0.3) is 0 Å². The van der Waals surface area contributed by atoms with E-state index >= 15 is 0 Å². The molecule has 0 radical (unpaired) electrons. The molecule has 0 amide bonds. The Morgan fingerprint density at radius 3 is 2.38 bits per heavy atom. The summed E-state index contributed by atoms with van der Waals surface area (Å²) in [7, 11) is 0. The maximum atomic E-state index is 14.1. The third-order valence-corrected chi connectivity index (χ3v) is 4.03. The third-order valence-electron chi connectivity index (χ3n) is 3.36. The number of esters is 1. The van der Waals surface area contributed by atoms with Crippen molar-refractivity contribution in [1.82, 2.24) is 0 Å². The van der Waals surface area contributed by atoms with Crippen LogP contribution in [0.5, 0.6) is 0 Å². The molecular weight excluding hydrogens is 433 g/mol. The molecule has 7 heteroatoms. The number of carboxylic acid groups (broad SMARTS) is 1. The van der Waals surface area contributed by atoms with Crippen LogP contribution in [0.15, 0.2) is 48.5 Å². The number of alkyl halides is 2. The zero-order valence-electron chi connectivity index (χ0n) is 12.5. The first-order valence-corrected chi connectivity index (χ1v) is 7.94. The largest absolute Gasteiger partial charge is 0.477 e. The SMILES string of the molecule is Cc1ccc(I)cc1C(=O)OC(c1ccccc1)C(F)(F)C(=O)O. The number of aryl methyl sites for hydroxylation is 1. The van der Waals surface area contributed by atoms with E-state index in [1.165, 1.54) is 30.3 Å². The van der Waals surface area contributed by atoms with Gasteiger partial charge in [-0.3, -0.25) is 0 Å². The Hall–Kier alpha value is -2.03. The van der Waals surface area contributed by atoms with E-state index in [1.54, 1.807) is 25.1 Å². The molecule has 126 valence electrons. The van der Waals surface area contributed by atoms with Gasteiger partial charge in [-0.25, -0.2) is 9.59 Å². The van der Waals surface area contributed by atoms with Gasteiger partial charge in [-0.2, -0.15) is 8.78 Å². The molecule has 0 aromatic heterocycles. The molecule has 1 N–H and O–H groups in total. The second-order valence-electron chi connectivity index (χ2n) is 5.08. The lowest BCUT2D eigenvalue weighted by Crippen LogP contribution is -2.38. The average Bonchev–Trinajstić information content (AvgIpc) is 2.55. The van der Waals surface area contributed by atoms with Crippen LogP contribution < -0.4 is 0 Å². The molecule has 0 aliphatic rings. The summed E-state index contributed by atoms with van der Waals surface area (Å²) in [5.74, 6) is -7.61. The van der Waals surface area contributed by atoms with Gasteiger partial charge >= 0.3 is 17.9 Å². The molecule has 0 heterocycles. The minimum atomic E-state index is -4.26. The van der Waals surface area contributed by atoms with E-state index in [2.05, 4.69) is 0 Å². The molecule has 0 spiro atoms. The van der Waals surface area contributed by atoms with Gasteiger partial charge in [-0.1, -0.05) is 36.4 Å². The molecular formula is C17H13F2IO4. The lowest BCUT2D eigenvalue weighted by Gasteiger charge is -2.24. The smallest absolute Gasteiger partial charge is 0.382 e. The van der Waals surface area contributed by atoms with Crippen LogP contribution in [0, 0.1) is 10.5 Å². The Labute approximate surface area is 150 Å². The predicted molar refractivity (Wildman–Crippen MR) is 91.1 cm³/mol. The number of carbonyl (C=O) groups is 2. The molecule has 2 aromatic rings. The number of carbonyl (C=O) groups excluding carboxylic acids is 1. The highest BCUT2D eigenvalue weighted by molar-refractivity contribution is 14.1. The molecule has 2 aromatic carbocycles. The van der Waals surface area contributed by atoms with Crippen molar-refractivity contribution in [1.29, 1.82) is 0 Å². The zero-order chi connectivity index (χ0) is 17.9. The fraction of sp³-hybridized carbons (Fsp3) is 0.176. The normalized spacial score (nSPS) is 12.5. The van der Waals surface area contributed by atoms with Crippen molar-refractivity contribution < 1.29 is 28.2 Å². The molecule has 2 rings (SSSR count). The van der Waals surface area contributed by atoms with Gasteiger partial charge in [0.1, 0.15) is 0 Å². The van der Waals surface area contributed by atoms with Gasteiger partial charge in [0.2, 0.25) is 6.10 Å². The first-order valence-electron chi connectivity index (χ1n) is 6.86. The molecule has 1 unspecified atom stereocenters. The van der Waals surface area contributed by atoms with E-state index in [9.17, 15) is 18.4 Å². The third kappa shape index (κ3) is 3.89. The second-order valence-corrected chi connectivity index (χ2v) is 6.33. The summed E-state index contributed by atoms with van der Waals surface area (Å²) in [6.45, 7) is 1.64. The lowest BCUT2D eigenvalue weighted by atomic mass is 10.0. The van der Waals surface area contributed by atoms with Crippen molar-refractivity contribution in [2.75, 3.05) is 0 Å². The highest BCUT2D eigenvalue weighted by Gasteiger charge is 2.51. The summed E-state index contributed by atoms with van der Waals surface area (Å²) < 4.78 is 33.8. The first kappa shape index (κ1) is 18.3. The molecule has 4 nitrogen and oxygen atoms in total. The minimum Gasteiger partial charge on any atom is -0.477 e. The van der Waals surface area contributed by atoms with Crippen molar-refractivity contribution in [2.24, 2.45) is 0 Å². The summed E-state index contributed by atoms with van der Waals surface area (Å²) in [4.78, 5) is 23.3. The number of aliphatic carboxylic acids is 1. The van der Waals surface area contributed by atoms with E-state index in [-0.39, 0.29) is 11.1 Å². The predicted octanol–water partition coefficient (Wildman–Crippen LogP) is 4.22. The van der Waals surface area contributed by atoms with Gasteiger partial charge in [0.05, 0.1) is 5.56 Å². The summed E-state index contributed by atoms with van der Waals surface area (Å²) in [6.07, 6.45) is -2.22. The van der Waals surface area contributed by atoms with Gasteiger partial charge in [-0.15, -0.1) is 0 Å². The Morgan fingerprint density at radius 1 is 1.17 bits per heavy atom. The minimum absolute atomic E-state index is 0.0958. The summed E-state index contributed by atoms with van der Waals surface area (Å²) in [6, 6.07) is 12.0. The quantitative estimate of drug-likeness (QED) is 0.552. The molecule has 24 heavy (non-hydrogen) atoms. The number of hydrogen-bond acceptors (Lipinski definition) is 3. The van der Waals surface area contributed by atoms with Crippen molar-refractivity contribution in [3.05, 3.63) is 68.8 Å². The van der Waals surface area contributed by atoms with Crippen LogP contribution in [-0.4, -0.2) is 23.0 Å². The molecule has 0 fully saturated rings. The Bertz CT molecular complexity index is 762. The van der Waals surface area contributed by atoms with Gasteiger partial charge in [0.15, 0.2) is 0 Å². The molecule has 0 bridgehead atoms. The van der Waals surface area contributed by atoms with Crippen LogP contribution in [0.4, 0.5) is 8.78 Å². The van der Waals surface area contributed by atoms with Crippen molar-refractivity contribution in [2.45, 2.75) is 19.0 Å². The van der Waals surface area contributed by atoms with E-state index in [0.717, 1.165) is 3.57 Å². The molecule has 1 atom stereocenters. The highest BCUT2D eigenvalue weighted by atomic mass is 127. The number of carboxylic acids is 1. The van der Waals surface area contributed by atoms with Gasteiger partial charge in [-0.05, 0) is 52.8 Å². The summed E-state index contributed by atoms with van der Waals surface area (Å²) in [5, 5.41) is 8.81. The van der Waals surface area contributed by atoms with Crippen LogP contribution in [-0.2, 0) is 9.53 Å². The van der Waals surface area contributed by atoms with Crippen LogP contribution in [0.3, 0.4) is 0 Å². The van der Waals surface area contributed by atoms with Crippen LogP contribution in [0.1, 0.15) is 27.6 Å². The van der Waals surface area contributed by atoms with E-state index in [4.69, 9.17) is 9.84 Å². The van der Waals surface area contributed by atoms with Crippen molar-refractivity contribution in [3.8, 4) is 0 Å². The average molecular weight is 446 g/mol. The lowest BCUT2D eigenvalue weighted by molar-refractivity contribution is -0.183. The Morgan fingerprint density at radius 2 is 1.79 bits per heavy atom. The summed E-state index contributed by atoms with van der Waals surface area (Å²) >= 11 is 1.98. The van der Waals surface area contributed by atoms with E-state index in [1.807, 2.05) is 22.6 Å². The number of rotatable bonds is 5. The topological polar surface area (TPSA) is 63.6 Å². The molecule has 0 aliphatic heterocycles. The number of halogens is 3. The maximum Gasteiger partial charge on any atom is 0.382 e. The van der Waals surface area contributed by atoms with Gasteiger partial charge < -0.3 is 9.84 Å². The van der Waals surface area contributed by atoms with E-state index in [0.29, 0.717) is 5.56 Å². The zero-order valence-corrected chi connectivity index (χ0v) is 14.7. The fourth-order valence-corrected chi connectivity index (χ4v) is 2.57. The second kappa shape index (κ2) is 7.25. The van der Waals surface area contributed by atoms with Crippen LogP contribution in [0.2, 0.25) is 0 Å². The molecule has 0 saturated heterocycles. The van der Waals surface area contributed by atoms with Crippen LogP contribution >= 0.6 is 22.6 Å². The van der Waals surface area contributed by atoms with E-state index < -0.39 is 24.0 Å². The number of hydrogen-bond donors (Lipinski definition) is 1. The standard InChI is InChI=1S/C17H13F2IO4/c1-10-7-8-12(20)9-13(10)15(21)24-14(17(18,19)16(22)23)11-5-3-2-4-6-11/h2-9,14H,1H3,(H,22,23). The summed E-state index contributed by atoms with van der Waals surface area (Å²) in [5.41, 5.74) is 0.566. The number of benzene rings is 2. The number of ether oxygens (including phenoxy) is 1. The Balaban J connectivity index is 2.41. The van der Waals surface area contributed by atoms with Gasteiger partial charge in [0.25, 0.3) is 0 Å². The monoisotopic (exact) mass is 446 g/mol. The fourth-order valence-electron chi connectivity index (χ4n) is 2.08. The maximum absolute atomic E-state index is 14.1. The first-order chi connectivity index (χ1) is 11.2. The molecule has 0 saturated carbocycles. The van der Waals surface area contributed by atoms with Crippen molar-refractivity contribution in [3.63, 3.8) is 0 Å². The molecule has 0 aliphatic carbocycles. The van der Waals surface area contributed by atoms with Crippen molar-refractivity contribution >= 4 is 34.5 Å². The van der Waals surface area contributed by atoms with Gasteiger partial charge in [0, 0.05) is 3.57 Å².